The predicted octanol–water partition coefficient (Wildman–Crippen LogP) is 3.77. The molecule has 1 aromatic carbocycles. The van der Waals surface area contributed by atoms with Crippen molar-refractivity contribution in [2.45, 2.75) is 20.4 Å². The summed E-state index contributed by atoms with van der Waals surface area (Å²) >= 11 is 1.67. The Balaban J connectivity index is 2.08. The highest BCUT2D eigenvalue weighted by Gasteiger charge is 2.05. The minimum atomic E-state index is -0.331. The van der Waals surface area contributed by atoms with Crippen molar-refractivity contribution < 1.29 is 9.18 Å². The molecule has 5 heteroatoms. The van der Waals surface area contributed by atoms with Crippen LogP contribution in [0, 0.1) is 12.7 Å². The van der Waals surface area contributed by atoms with Gasteiger partial charge in [0.25, 0.3) is 0 Å². The molecule has 0 aliphatic heterocycles. The Kier molecular flexibility index (Phi) is 4.16. The van der Waals surface area contributed by atoms with E-state index in [0.29, 0.717) is 17.9 Å². The third-order valence-electron chi connectivity index (χ3n) is 2.54. The minimum Gasteiger partial charge on any atom is -0.378 e. The molecule has 0 aliphatic rings. The number of carbonyl (C=O) groups is 1. The summed E-state index contributed by atoms with van der Waals surface area (Å²) in [5.41, 5.74) is 0.969. The molecule has 1 aromatic heterocycles. The zero-order valence-corrected chi connectivity index (χ0v) is 11.6. The Hall–Kier alpha value is -1.88. The van der Waals surface area contributed by atoms with Gasteiger partial charge in [-0.25, -0.2) is 4.39 Å². The van der Waals surface area contributed by atoms with Crippen molar-refractivity contribution in [3.8, 4) is 0 Å². The maximum absolute atomic E-state index is 13.6. The highest BCUT2D eigenvalue weighted by Crippen LogP contribution is 2.22. The van der Waals surface area contributed by atoms with Gasteiger partial charge in [-0.2, -0.15) is 0 Å². The highest BCUT2D eigenvalue weighted by molar-refractivity contribution is 7.11. The van der Waals surface area contributed by atoms with Gasteiger partial charge in [-0.15, -0.1) is 11.3 Å². The summed E-state index contributed by atoms with van der Waals surface area (Å²) in [5, 5.41) is 5.67. The van der Waals surface area contributed by atoms with Gasteiger partial charge in [-0.1, -0.05) is 0 Å². The number of benzene rings is 1. The first-order valence-electron chi connectivity index (χ1n) is 5.91. The number of thiophene rings is 1. The van der Waals surface area contributed by atoms with Crippen LogP contribution in [0.3, 0.4) is 0 Å². The van der Waals surface area contributed by atoms with Crippen LogP contribution < -0.4 is 10.6 Å². The molecule has 3 nitrogen and oxygen atoms in total. The molecule has 2 rings (SSSR count). The van der Waals surface area contributed by atoms with Gasteiger partial charge in [0.05, 0.1) is 5.69 Å². The van der Waals surface area contributed by atoms with Crippen molar-refractivity contribution in [2.24, 2.45) is 0 Å². The summed E-state index contributed by atoms with van der Waals surface area (Å²) in [5.74, 6) is -0.506. The standard InChI is InChI=1S/C14H15FN2OS/c1-9-3-5-12(19-9)8-16-14-7-11(17-10(2)18)4-6-13(14)15/h3-7,16H,8H2,1-2H3,(H,17,18). The molecule has 1 heterocycles. The number of anilines is 2. The molecule has 0 atom stereocenters. The largest absolute Gasteiger partial charge is 0.378 e. The van der Waals surface area contributed by atoms with E-state index in [0.717, 1.165) is 4.88 Å². The molecular formula is C14H15FN2OS. The molecule has 2 N–H and O–H groups in total. The van der Waals surface area contributed by atoms with Crippen LogP contribution in [-0.2, 0) is 11.3 Å². The van der Waals surface area contributed by atoms with Crippen LogP contribution in [0.25, 0.3) is 0 Å². The molecule has 0 saturated heterocycles. The van der Waals surface area contributed by atoms with Gasteiger partial charge >= 0.3 is 0 Å². The molecule has 19 heavy (non-hydrogen) atoms. The van der Waals surface area contributed by atoms with Crippen molar-refractivity contribution in [2.75, 3.05) is 10.6 Å². The molecule has 100 valence electrons. The summed E-state index contributed by atoms with van der Waals surface area (Å²) in [6.07, 6.45) is 0. The van der Waals surface area contributed by atoms with E-state index in [9.17, 15) is 9.18 Å². The van der Waals surface area contributed by atoms with Gasteiger partial charge in [-0.05, 0) is 37.3 Å². The number of aryl methyl sites for hydroxylation is 1. The number of nitrogens with one attached hydrogen (secondary N) is 2. The summed E-state index contributed by atoms with van der Waals surface area (Å²) < 4.78 is 13.6. The lowest BCUT2D eigenvalue weighted by Gasteiger charge is -2.09. The maximum Gasteiger partial charge on any atom is 0.221 e. The zero-order chi connectivity index (χ0) is 13.8. The SMILES string of the molecule is CC(=O)Nc1ccc(F)c(NCc2ccc(C)s2)c1. The normalized spacial score (nSPS) is 10.3. The third-order valence-corrected chi connectivity index (χ3v) is 3.54. The van der Waals surface area contributed by atoms with E-state index in [1.165, 1.54) is 23.9 Å². The van der Waals surface area contributed by atoms with Crippen molar-refractivity contribution in [1.29, 1.82) is 0 Å². The number of carbonyl (C=O) groups excluding carboxylic acids is 1. The van der Waals surface area contributed by atoms with E-state index in [1.807, 2.05) is 19.1 Å². The third kappa shape index (κ3) is 3.79. The Morgan fingerprint density at radius 2 is 2.11 bits per heavy atom. The van der Waals surface area contributed by atoms with Crippen LogP contribution in [0.15, 0.2) is 30.3 Å². The number of halogens is 1. The van der Waals surface area contributed by atoms with Crippen LogP contribution in [0.1, 0.15) is 16.7 Å². The second kappa shape index (κ2) is 5.84. The smallest absolute Gasteiger partial charge is 0.221 e. The molecule has 0 spiro atoms. The fourth-order valence-electron chi connectivity index (χ4n) is 1.70. The van der Waals surface area contributed by atoms with E-state index in [1.54, 1.807) is 17.4 Å². The number of hydrogen-bond acceptors (Lipinski definition) is 3. The summed E-state index contributed by atoms with van der Waals surface area (Å²) in [6.45, 7) is 4.02. The fraction of sp³-hybridized carbons (Fsp3) is 0.214. The first kappa shape index (κ1) is 13.5. The quantitative estimate of drug-likeness (QED) is 0.894. The lowest BCUT2D eigenvalue weighted by Crippen LogP contribution is -2.07. The van der Waals surface area contributed by atoms with Gasteiger partial charge < -0.3 is 10.6 Å². The Morgan fingerprint density at radius 3 is 2.74 bits per heavy atom. The molecule has 0 bridgehead atoms. The Bertz CT molecular complexity index is 595. The van der Waals surface area contributed by atoms with Crippen LogP contribution >= 0.6 is 11.3 Å². The van der Waals surface area contributed by atoms with E-state index in [-0.39, 0.29) is 11.7 Å². The van der Waals surface area contributed by atoms with Gasteiger partial charge in [-0.3, -0.25) is 4.79 Å². The predicted molar refractivity (Wildman–Crippen MR) is 77.1 cm³/mol. The van der Waals surface area contributed by atoms with Crippen LogP contribution in [0.4, 0.5) is 15.8 Å². The number of rotatable bonds is 4. The molecule has 0 fully saturated rings. The molecule has 2 aromatic rings. The number of amides is 1. The lowest BCUT2D eigenvalue weighted by atomic mass is 10.2. The summed E-state index contributed by atoms with van der Waals surface area (Å²) in [6, 6.07) is 8.52. The van der Waals surface area contributed by atoms with Gasteiger partial charge in [0.1, 0.15) is 5.82 Å². The lowest BCUT2D eigenvalue weighted by molar-refractivity contribution is -0.114. The summed E-state index contributed by atoms with van der Waals surface area (Å²) in [7, 11) is 0. The van der Waals surface area contributed by atoms with Crippen LogP contribution in [0.2, 0.25) is 0 Å². The van der Waals surface area contributed by atoms with Crippen molar-refractivity contribution in [3.05, 3.63) is 45.9 Å². The maximum atomic E-state index is 13.6. The first-order chi connectivity index (χ1) is 9.04. The molecule has 0 saturated carbocycles. The zero-order valence-electron chi connectivity index (χ0n) is 10.8. The van der Waals surface area contributed by atoms with Crippen LogP contribution in [0.5, 0.6) is 0 Å². The van der Waals surface area contributed by atoms with Crippen LogP contribution in [-0.4, -0.2) is 5.91 Å². The van der Waals surface area contributed by atoms with Crippen molar-refractivity contribution in [3.63, 3.8) is 0 Å². The molecule has 0 aliphatic carbocycles. The summed E-state index contributed by atoms with van der Waals surface area (Å²) in [4.78, 5) is 13.3. The van der Waals surface area contributed by atoms with E-state index in [4.69, 9.17) is 0 Å². The van der Waals surface area contributed by atoms with Gasteiger partial charge in [0.2, 0.25) is 5.91 Å². The average Bonchev–Trinajstić information content (AvgIpc) is 2.75. The van der Waals surface area contributed by atoms with Crippen molar-refractivity contribution in [1.82, 2.24) is 0 Å². The first-order valence-corrected chi connectivity index (χ1v) is 6.72. The topological polar surface area (TPSA) is 41.1 Å². The van der Waals surface area contributed by atoms with E-state index in [2.05, 4.69) is 10.6 Å². The molecule has 0 radical (unpaired) electrons. The highest BCUT2D eigenvalue weighted by atomic mass is 32.1. The van der Waals surface area contributed by atoms with Gasteiger partial charge in [0, 0.05) is 28.9 Å². The molecule has 0 unspecified atom stereocenters. The fourth-order valence-corrected chi connectivity index (χ4v) is 2.53. The second-order valence-corrected chi connectivity index (χ2v) is 5.61. The van der Waals surface area contributed by atoms with E-state index < -0.39 is 0 Å². The Morgan fingerprint density at radius 1 is 1.32 bits per heavy atom. The minimum absolute atomic E-state index is 0.175. The molecule has 1 amide bonds. The average molecular weight is 278 g/mol. The monoisotopic (exact) mass is 278 g/mol. The van der Waals surface area contributed by atoms with E-state index >= 15 is 0 Å². The number of hydrogen-bond donors (Lipinski definition) is 2. The van der Waals surface area contributed by atoms with Crippen molar-refractivity contribution >= 4 is 28.6 Å². The second-order valence-electron chi connectivity index (χ2n) is 4.24. The van der Waals surface area contributed by atoms with Gasteiger partial charge in [0.15, 0.2) is 0 Å². The molecular weight excluding hydrogens is 263 g/mol. The Labute approximate surface area is 115 Å².